The van der Waals surface area contributed by atoms with Gasteiger partial charge in [0.2, 0.25) is 5.91 Å². The maximum Gasteiger partial charge on any atom is 0.222 e. The fourth-order valence-electron chi connectivity index (χ4n) is 3.74. The van der Waals surface area contributed by atoms with Gasteiger partial charge in [0, 0.05) is 28.8 Å². The maximum atomic E-state index is 12.6. The topological polar surface area (TPSA) is 44.4 Å². The average molecular weight is 368 g/mol. The van der Waals surface area contributed by atoms with Crippen LogP contribution in [0.25, 0.3) is 0 Å². The van der Waals surface area contributed by atoms with E-state index in [1.54, 1.807) is 11.8 Å². The molecular weight excluding hydrogens is 342 g/mol. The molecule has 2 aliphatic heterocycles. The lowest BCUT2D eigenvalue weighted by molar-refractivity contribution is -0.122. The highest BCUT2D eigenvalue weighted by Gasteiger charge is 2.25. The van der Waals surface area contributed by atoms with Crippen LogP contribution in [0.1, 0.15) is 19.8 Å². The SMILES string of the molecule is CC1CNCCC1NC(=O)CCN1c2ccccc2Sc2ccccc21. The van der Waals surface area contributed by atoms with E-state index in [9.17, 15) is 4.79 Å². The van der Waals surface area contributed by atoms with Gasteiger partial charge in [0.25, 0.3) is 0 Å². The Bertz CT molecular complexity index is 749. The molecule has 5 heteroatoms. The van der Waals surface area contributed by atoms with Gasteiger partial charge in [-0.05, 0) is 49.7 Å². The minimum Gasteiger partial charge on any atom is -0.353 e. The first-order valence-electron chi connectivity index (χ1n) is 9.36. The second kappa shape index (κ2) is 7.72. The van der Waals surface area contributed by atoms with Crippen LogP contribution in [0.2, 0.25) is 0 Å². The summed E-state index contributed by atoms with van der Waals surface area (Å²) < 4.78 is 0. The van der Waals surface area contributed by atoms with Crippen molar-refractivity contribution in [1.82, 2.24) is 10.6 Å². The van der Waals surface area contributed by atoms with E-state index in [0.717, 1.165) is 19.5 Å². The molecule has 0 spiro atoms. The first kappa shape index (κ1) is 17.4. The van der Waals surface area contributed by atoms with Crippen molar-refractivity contribution >= 4 is 29.0 Å². The number of piperidine rings is 1. The summed E-state index contributed by atoms with van der Waals surface area (Å²) in [5, 5.41) is 6.63. The summed E-state index contributed by atoms with van der Waals surface area (Å²) in [6.07, 6.45) is 1.52. The summed E-state index contributed by atoms with van der Waals surface area (Å²) in [5.74, 6) is 0.637. The molecule has 0 bridgehead atoms. The minimum absolute atomic E-state index is 0.150. The van der Waals surface area contributed by atoms with E-state index in [0.29, 0.717) is 24.9 Å². The van der Waals surface area contributed by atoms with Crippen molar-refractivity contribution < 1.29 is 4.79 Å². The minimum atomic E-state index is 0.150. The Kier molecular flexibility index (Phi) is 5.18. The van der Waals surface area contributed by atoms with Crippen LogP contribution in [0.15, 0.2) is 58.3 Å². The summed E-state index contributed by atoms with van der Waals surface area (Å²) in [7, 11) is 0. The Balaban J connectivity index is 1.47. The molecule has 0 aromatic heterocycles. The number of nitrogens with one attached hydrogen (secondary N) is 2. The molecule has 1 amide bonds. The van der Waals surface area contributed by atoms with Gasteiger partial charge in [-0.25, -0.2) is 0 Å². The molecule has 2 aromatic rings. The van der Waals surface area contributed by atoms with Crippen LogP contribution in [0.3, 0.4) is 0 Å². The van der Waals surface area contributed by atoms with Gasteiger partial charge in [-0.3, -0.25) is 4.79 Å². The third-order valence-corrected chi connectivity index (χ3v) is 6.36. The van der Waals surface area contributed by atoms with Gasteiger partial charge in [-0.15, -0.1) is 0 Å². The molecule has 4 nitrogen and oxygen atoms in total. The van der Waals surface area contributed by atoms with Crippen molar-refractivity contribution in [3.05, 3.63) is 48.5 Å². The van der Waals surface area contributed by atoms with E-state index in [-0.39, 0.29) is 5.91 Å². The molecule has 2 aromatic carbocycles. The molecule has 0 aliphatic carbocycles. The molecule has 26 heavy (non-hydrogen) atoms. The Morgan fingerprint density at radius 3 is 2.46 bits per heavy atom. The zero-order valence-corrected chi connectivity index (χ0v) is 15.9. The number of anilines is 2. The quantitative estimate of drug-likeness (QED) is 0.863. The number of carbonyl (C=O) groups is 1. The van der Waals surface area contributed by atoms with E-state index in [2.05, 4.69) is 71.0 Å². The lowest BCUT2D eigenvalue weighted by atomic mass is 9.95. The summed E-state index contributed by atoms with van der Waals surface area (Å²) in [6, 6.07) is 17.2. The van der Waals surface area contributed by atoms with Crippen molar-refractivity contribution in [1.29, 1.82) is 0 Å². The molecule has 2 heterocycles. The summed E-state index contributed by atoms with van der Waals surface area (Å²) in [5.41, 5.74) is 2.39. The van der Waals surface area contributed by atoms with Crippen molar-refractivity contribution in [3.8, 4) is 0 Å². The zero-order valence-electron chi connectivity index (χ0n) is 15.1. The standard InChI is InChI=1S/C21H25N3OS/c1-15-14-22-12-10-16(15)23-21(25)11-13-24-17-6-2-4-8-19(17)26-20-9-5-3-7-18(20)24/h2-9,15-16,22H,10-14H2,1H3,(H,23,25). The molecule has 2 unspecified atom stereocenters. The van der Waals surface area contributed by atoms with Crippen LogP contribution in [0.5, 0.6) is 0 Å². The average Bonchev–Trinajstić information content (AvgIpc) is 2.67. The van der Waals surface area contributed by atoms with Crippen LogP contribution in [0.4, 0.5) is 11.4 Å². The van der Waals surface area contributed by atoms with Crippen LogP contribution in [-0.2, 0) is 4.79 Å². The number of rotatable bonds is 4. The normalized spacial score (nSPS) is 21.7. The molecule has 1 saturated heterocycles. The third-order valence-electron chi connectivity index (χ3n) is 5.23. The Labute approximate surface area is 159 Å². The summed E-state index contributed by atoms with van der Waals surface area (Å²) in [4.78, 5) is 17.3. The van der Waals surface area contributed by atoms with E-state index in [1.165, 1.54) is 21.2 Å². The van der Waals surface area contributed by atoms with Crippen LogP contribution in [0, 0.1) is 5.92 Å². The number of benzene rings is 2. The fraction of sp³-hybridized carbons (Fsp3) is 0.381. The maximum absolute atomic E-state index is 12.6. The predicted octanol–water partition coefficient (Wildman–Crippen LogP) is 3.79. The van der Waals surface area contributed by atoms with E-state index >= 15 is 0 Å². The molecule has 0 radical (unpaired) electrons. The number of para-hydroxylation sites is 2. The van der Waals surface area contributed by atoms with Crippen LogP contribution in [-0.4, -0.2) is 31.6 Å². The largest absolute Gasteiger partial charge is 0.353 e. The Morgan fingerprint density at radius 2 is 1.81 bits per heavy atom. The van der Waals surface area contributed by atoms with Crippen molar-refractivity contribution in [3.63, 3.8) is 0 Å². The number of hydrogen-bond acceptors (Lipinski definition) is 4. The fourth-order valence-corrected chi connectivity index (χ4v) is 4.84. The highest BCUT2D eigenvalue weighted by Crippen LogP contribution is 2.47. The first-order chi connectivity index (χ1) is 12.7. The van der Waals surface area contributed by atoms with Crippen LogP contribution >= 0.6 is 11.8 Å². The monoisotopic (exact) mass is 367 g/mol. The van der Waals surface area contributed by atoms with E-state index in [4.69, 9.17) is 0 Å². The number of nitrogens with zero attached hydrogens (tertiary/aromatic N) is 1. The van der Waals surface area contributed by atoms with Gasteiger partial charge < -0.3 is 15.5 Å². The van der Waals surface area contributed by atoms with E-state index < -0.39 is 0 Å². The second-order valence-corrected chi connectivity index (χ2v) is 8.17. The van der Waals surface area contributed by atoms with Gasteiger partial charge >= 0.3 is 0 Å². The zero-order chi connectivity index (χ0) is 17.9. The summed E-state index contributed by atoms with van der Waals surface area (Å²) >= 11 is 1.80. The van der Waals surface area contributed by atoms with Gasteiger partial charge in [0.15, 0.2) is 0 Å². The predicted molar refractivity (Wildman–Crippen MR) is 107 cm³/mol. The molecule has 2 N–H and O–H groups in total. The second-order valence-electron chi connectivity index (χ2n) is 7.08. The third kappa shape index (κ3) is 3.60. The smallest absolute Gasteiger partial charge is 0.222 e. The van der Waals surface area contributed by atoms with E-state index in [1.807, 2.05) is 0 Å². The molecule has 2 atom stereocenters. The molecule has 1 fully saturated rings. The van der Waals surface area contributed by atoms with Crippen LogP contribution < -0.4 is 15.5 Å². The number of hydrogen-bond donors (Lipinski definition) is 2. The van der Waals surface area contributed by atoms with Crippen molar-refractivity contribution in [2.75, 3.05) is 24.5 Å². The lowest BCUT2D eigenvalue weighted by Gasteiger charge is -2.33. The van der Waals surface area contributed by atoms with Gasteiger partial charge in [0.1, 0.15) is 0 Å². The Morgan fingerprint density at radius 1 is 1.15 bits per heavy atom. The lowest BCUT2D eigenvalue weighted by Crippen LogP contribution is -2.48. The number of carbonyl (C=O) groups excluding carboxylic acids is 1. The van der Waals surface area contributed by atoms with Crippen molar-refractivity contribution in [2.24, 2.45) is 5.92 Å². The number of fused-ring (bicyclic) bond motifs is 2. The van der Waals surface area contributed by atoms with Crippen molar-refractivity contribution in [2.45, 2.75) is 35.6 Å². The highest BCUT2D eigenvalue weighted by atomic mass is 32.2. The molecular formula is C21H25N3OS. The summed E-state index contributed by atoms with van der Waals surface area (Å²) in [6.45, 7) is 4.86. The highest BCUT2D eigenvalue weighted by molar-refractivity contribution is 7.99. The van der Waals surface area contributed by atoms with Gasteiger partial charge in [-0.1, -0.05) is 43.0 Å². The molecule has 4 rings (SSSR count). The Hall–Kier alpha value is -1.98. The molecule has 2 aliphatic rings. The molecule has 0 saturated carbocycles. The number of amides is 1. The first-order valence-corrected chi connectivity index (χ1v) is 10.2. The van der Waals surface area contributed by atoms with Gasteiger partial charge in [0.05, 0.1) is 11.4 Å². The van der Waals surface area contributed by atoms with Gasteiger partial charge in [-0.2, -0.15) is 0 Å². The molecule has 136 valence electrons.